The summed E-state index contributed by atoms with van der Waals surface area (Å²) in [4.78, 5) is 19.6. The monoisotopic (exact) mass is 260 g/mol. The maximum Gasteiger partial charge on any atom is 2.00 e. The summed E-state index contributed by atoms with van der Waals surface area (Å²) in [6, 6.07) is 0. The summed E-state index contributed by atoms with van der Waals surface area (Å²) < 4.78 is 27.3. The van der Waals surface area contributed by atoms with E-state index in [4.69, 9.17) is 5.11 Å². The predicted molar refractivity (Wildman–Crippen MR) is 31.0 cm³/mol. The SMILES string of the molecule is O=[PH]([O-])OC(CO)O[PH](=O)[O-].[Fe+2]. The van der Waals surface area contributed by atoms with Gasteiger partial charge in [-0.1, -0.05) is 0 Å². The third-order valence-corrected chi connectivity index (χ3v) is 1.52. The Hall–Kier alpha value is 0.779. The van der Waals surface area contributed by atoms with E-state index in [0.29, 0.717) is 0 Å². The molecular formula is C2H6FeO7P2. The van der Waals surface area contributed by atoms with Crippen molar-refractivity contribution in [3.8, 4) is 0 Å². The van der Waals surface area contributed by atoms with Crippen molar-refractivity contribution in [2.24, 2.45) is 0 Å². The van der Waals surface area contributed by atoms with Crippen molar-refractivity contribution in [1.29, 1.82) is 0 Å². The molecule has 0 aliphatic heterocycles. The molecule has 0 aromatic heterocycles. The second-order valence-electron chi connectivity index (χ2n) is 1.35. The molecule has 0 aromatic rings. The van der Waals surface area contributed by atoms with E-state index in [0.717, 1.165) is 0 Å². The van der Waals surface area contributed by atoms with Gasteiger partial charge in [0.05, 0.1) is 6.61 Å². The Bertz CT molecular complexity index is 145. The minimum atomic E-state index is -3.54. The minimum absolute atomic E-state index is 0. The van der Waals surface area contributed by atoms with E-state index in [1.807, 2.05) is 0 Å². The zero-order valence-corrected chi connectivity index (χ0v) is 8.64. The van der Waals surface area contributed by atoms with Gasteiger partial charge >= 0.3 is 17.1 Å². The first-order valence-corrected chi connectivity index (χ1v) is 4.87. The van der Waals surface area contributed by atoms with E-state index in [1.54, 1.807) is 0 Å². The molecule has 0 saturated carbocycles. The largest absolute Gasteiger partial charge is 2.00 e. The van der Waals surface area contributed by atoms with Crippen LogP contribution in [0.5, 0.6) is 0 Å². The first-order chi connectivity index (χ1) is 5.06. The summed E-state index contributed by atoms with van der Waals surface area (Å²) in [7, 11) is -7.07. The van der Waals surface area contributed by atoms with Gasteiger partial charge in [-0.25, -0.2) is 0 Å². The molecule has 0 heterocycles. The van der Waals surface area contributed by atoms with Crippen molar-refractivity contribution >= 4 is 16.5 Å². The number of hydrogen-bond donors (Lipinski definition) is 1. The molecule has 2 atom stereocenters. The maximum absolute atomic E-state index is 9.82. The molecule has 0 amide bonds. The standard InChI is InChI=1S/C2H8O7P2.Fe/c3-1-2(8-10(4)5)9-11(6)7;/h2-3,10-11H,1H2,(H,4,5)(H,6,7);/q;+2/p-2. The van der Waals surface area contributed by atoms with Crippen LogP contribution in [-0.2, 0) is 35.2 Å². The first kappa shape index (κ1) is 15.3. The molecule has 0 saturated heterocycles. The Kier molecular flexibility index (Phi) is 10.7. The summed E-state index contributed by atoms with van der Waals surface area (Å²) in [5, 5.41) is 8.25. The van der Waals surface area contributed by atoms with Crippen LogP contribution < -0.4 is 9.79 Å². The molecule has 0 fully saturated rings. The van der Waals surface area contributed by atoms with Gasteiger partial charge in [-0.2, -0.15) is 0 Å². The number of aliphatic hydroxyl groups excluding tert-OH is 1. The van der Waals surface area contributed by atoms with Gasteiger partial charge in [0.1, 0.15) is 16.5 Å². The average molecular weight is 260 g/mol. The van der Waals surface area contributed by atoms with Crippen molar-refractivity contribution < 1.29 is 50.1 Å². The van der Waals surface area contributed by atoms with E-state index < -0.39 is 29.4 Å². The molecule has 0 aromatic carbocycles. The molecule has 12 heavy (non-hydrogen) atoms. The number of hydrogen-bond acceptors (Lipinski definition) is 7. The van der Waals surface area contributed by atoms with Crippen molar-refractivity contribution in [3.05, 3.63) is 0 Å². The quantitative estimate of drug-likeness (QED) is 0.339. The fourth-order valence-corrected chi connectivity index (χ4v) is 1.08. The van der Waals surface area contributed by atoms with E-state index in [2.05, 4.69) is 9.05 Å². The first-order valence-electron chi connectivity index (χ1n) is 2.42. The van der Waals surface area contributed by atoms with Crippen LogP contribution in [0.4, 0.5) is 0 Å². The van der Waals surface area contributed by atoms with E-state index in [1.165, 1.54) is 0 Å². The molecule has 0 spiro atoms. The predicted octanol–water partition coefficient (Wildman–Crippen LogP) is -2.16. The Balaban J connectivity index is 0. The van der Waals surface area contributed by atoms with E-state index in [9.17, 15) is 18.9 Å². The van der Waals surface area contributed by atoms with E-state index >= 15 is 0 Å². The van der Waals surface area contributed by atoms with Gasteiger partial charge < -0.3 is 33.1 Å². The van der Waals surface area contributed by atoms with Gasteiger partial charge in [-0.05, 0) is 0 Å². The Morgan fingerprint density at radius 2 is 1.58 bits per heavy atom. The fraction of sp³-hybridized carbons (Fsp3) is 1.00. The molecule has 10 heteroatoms. The number of rotatable bonds is 5. The Morgan fingerprint density at radius 1 is 1.25 bits per heavy atom. The van der Waals surface area contributed by atoms with Gasteiger partial charge in [0.25, 0.3) is 0 Å². The second kappa shape index (κ2) is 8.38. The average Bonchev–Trinajstić information content (AvgIpc) is 1.84. The second-order valence-corrected chi connectivity index (χ2v) is 2.82. The van der Waals surface area contributed by atoms with Gasteiger partial charge in [0.2, 0.25) is 0 Å². The van der Waals surface area contributed by atoms with Gasteiger partial charge in [-0.3, -0.25) is 0 Å². The van der Waals surface area contributed by atoms with Crippen LogP contribution in [0, 0.1) is 0 Å². The van der Waals surface area contributed by atoms with Crippen LogP contribution in [0.15, 0.2) is 0 Å². The summed E-state index contributed by atoms with van der Waals surface area (Å²) in [6.45, 7) is -0.836. The molecule has 1 N–H and O–H groups in total. The maximum atomic E-state index is 9.82. The van der Waals surface area contributed by atoms with Crippen LogP contribution in [0.25, 0.3) is 0 Å². The van der Waals surface area contributed by atoms with Gasteiger partial charge in [-0.15, -0.1) is 0 Å². The molecule has 0 bridgehead atoms. The summed E-state index contributed by atoms with van der Waals surface area (Å²) in [5.74, 6) is 0. The van der Waals surface area contributed by atoms with Crippen molar-refractivity contribution in [1.82, 2.24) is 0 Å². The molecule has 0 aliphatic rings. The normalized spacial score (nSPS) is 17.6. The van der Waals surface area contributed by atoms with Gasteiger partial charge in [0, 0.05) is 0 Å². The zero-order valence-electron chi connectivity index (χ0n) is 5.53. The molecule has 0 rings (SSSR count). The van der Waals surface area contributed by atoms with Crippen LogP contribution >= 0.6 is 16.5 Å². The van der Waals surface area contributed by atoms with Crippen molar-refractivity contribution in [2.75, 3.05) is 6.61 Å². The molecule has 0 radical (unpaired) electrons. The summed E-state index contributed by atoms with van der Waals surface area (Å²) in [6.07, 6.45) is -1.64. The molecular weight excluding hydrogens is 254 g/mol. The van der Waals surface area contributed by atoms with Crippen molar-refractivity contribution in [2.45, 2.75) is 6.29 Å². The molecule has 2 unspecified atom stereocenters. The number of aliphatic hydroxyl groups is 1. The van der Waals surface area contributed by atoms with Crippen molar-refractivity contribution in [3.63, 3.8) is 0 Å². The van der Waals surface area contributed by atoms with Crippen LogP contribution in [0.2, 0.25) is 0 Å². The zero-order chi connectivity index (χ0) is 8.85. The van der Waals surface area contributed by atoms with Crippen LogP contribution in [0.3, 0.4) is 0 Å². The fourth-order valence-electron chi connectivity index (χ4n) is 0.313. The van der Waals surface area contributed by atoms with Crippen LogP contribution in [0.1, 0.15) is 0 Å². The molecule has 7 nitrogen and oxygen atoms in total. The Morgan fingerprint density at radius 3 is 1.75 bits per heavy atom. The molecule has 0 aliphatic carbocycles. The summed E-state index contributed by atoms with van der Waals surface area (Å²) >= 11 is 0. The smallest absolute Gasteiger partial charge is 0.781 e. The minimum Gasteiger partial charge on any atom is -0.781 e. The summed E-state index contributed by atoms with van der Waals surface area (Å²) in [5.41, 5.74) is 0. The third-order valence-electron chi connectivity index (χ3n) is 0.604. The van der Waals surface area contributed by atoms with Gasteiger partial charge in [0.15, 0.2) is 6.29 Å². The topological polar surface area (TPSA) is 119 Å². The molecule has 74 valence electrons. The Labute approximate surface area is 80.1 Å². The third kappa shape index (κ3) is 8.87. The van der Waals surface area contributed by atoms with E-state index in [-0.39, 0.29) is 17.1 Å². The van der Waals surface area contributed by atoms with Crippen LogP contribution in [-0.4, -0.2) is 18.0 Å².